The van der Waals surface area contributed by atoms with Gasteiger partial charge in [-0.05, 0) is 55.0 Å². The van der Waals surface area contributed by atoms with E-state index in [0.717, 1.165) is 11.1 Å². The summed E-state index contributed by atoms with van der Waals surface area (Å²) in [5.41, 5.74) is 1.82. The molecular weight excluding hydrogens is 438 g/mol. The molecule has 0 fully saturated rings. The lowest BCUT2D eigenvalue weighted by Crippen LogP contribution is -2.44. The third-order valence-electron chi connectivity index (χ3n) is 4.37. The number of hydrogen-bond acceptors (Lipinski definition) is 5. The summed E-state index contributed by atoms with van der Waals surface area (Å²) in [6.45, 7) is 2.15. The number of pyridine rings is 1. The molecule has 0 unspecified atom stereocenters. The van der Waals surface area contributed by atoms with Crippen molar-refractivity contribution in [2.45, 2.75) is 31.0 Å². The summed E-state index contributed by atoms with van der Waals surface area (Å²) in [7, 11) is -3.83. The highest BCUT2D eigenvalue weighted by molar-refractivity contribution is 7.89. The number of carbonyl (C=O) groups excluding carboxylic acids is 1. The average molecular weight is 460 g/mol. The van der Waals surface area contributed by atoms with Crippen LogP contribution in [0.4, 0.5) is 0 Å². The number of halogens is 1. The van der Waals surface area contributed by atoms with Crippen molar-refractivity contribution in [2.75, 3.05) is 0 Å². The maximum Gasteiger partial charge on any atom is 0.241 e. The highest BCUT2D eigenvalue weighted by Crippen LogP contribution is 2.15. The van der Waals surface area contributed by atoms with Gasteiger partial charge in [-0.3, -0.25) is 9.78 Å². The molecule has 0 aliphatic carbocycles. The van der Waals surface area contributed by atoms with Crippen molar-refractivity contribution in [3.63, 3.8) is 0 Å². The van der Waals surface area contributed by atoms with Crippen molar-refractivity contribution < 1.29 is 17.9 Å². The van der Waals surface area contributed by atoms with E-state index in [0.29, 0.717) is 17.4 Å². The van der Waals surface area contributed by atoms with Gasteiger partial charge in [-0.1, -0.05) is 29.8 Å². The topological polar surface area (TPSA) is 97.4 Å². The number of rotatable bonds is 9. The summed E-state index contributed by atoms with van der Waals surface area (Å²) in [5.74, 6) is 0.262. The van der Waals surface area contributed by atoms with Gasteiger partial charge in [0.2, 0.25) is 15.9 Å². The number of nitrogens with zero attached hydrogens (tertiary/aromatic N) is 1. The molecule has 1 heterocycles. The first-order valence-corrected chi connectivity index (χ1v) is 11.4. The second kappa shape index (κ2) is 10.4. The van der Waals surface area contributed by atoms with Gasteiger partial charge >= 0.3 is 0 Å². The molecule has 1 amide bonds. The monoisotopic (exact) mass is 459 g/mol. The Labute approximate surface area is 186 Å². The third-order valence-corrected chi connectivity index (χ3v) is 6.18. The van der Waals surface area contributed by atoms with E-state index in [-0.39, 0.29) is 11.4 Å². The van der Waals surface area contributed by atoms with Gasteiger partial charge in [0.15, 0.2) is 0 Å². The molecular formula is C22H22ClN3O4S. The molecule has 1 aromatic heterocycles. The van der Waals surface area contributed by atoms with Gasteiger partial charge < -0.3 is 10.1 Å². The molecule has 7 nitrogen and oxygen atoms in total. The zero-order chi connectivity index (χ0) is 22.3. The lowest BCUT2D eigenvalue weighted by atomic mass is 10.2. The van der Waals surface area contributed by atoms with E-state index in [4.69, 9.17) is 16.3 Å². The number of hydrogen-bond donors (Lipinski definition) is 2. The minimum atomic E-state index is -3.83. The van der Waals surface area contributed by atoms with Crippen LogP contribution in [0, 0.1) is 0 Å². The molecule has 3 rings (SSSR count). The van der Waals surface area contributed by atoms with Crippen LogP contribution in [0.2, 0.25) is 5.02 Å². The Kier molecular flexibility index (Phi) is 7.62. The lowest BCUT2D eigenvalue weighted by Gasteiger charge is -2.15. The maximum absolute atomic E-state index is 12.4. The van der Waals surface area contributed by atoms with E-state index in [2.05, 4.69) is 15.0 Å². The molecule has 2 N–H and O–H groups in total. The predicted octanol–water partition coefficient (Wildman–Crippen LogP) is 3.30. The van der Waals surface area contributed by atoms with E-state index in [1.54, 1.807) is 12.4 Å². The summed E-state index contributed by atoms with van der Waals surface area (Å²) in [4.78, 5) is 16.4. The molecule has 31 heavy (non-hydrogen) atoms. The Hall–Kier alpha value is -2.94. The van der Waals surface area contributed by atoms with E-state index in [9.17, 15) is 13.2 Å². The van der Waals surface area contributed by atoms with Crippen LogP contribution in [0.15, 0.2) is 78.0 Å². The molecule has 0 saturated heterocycles. The molecule has 0 radical (unpaired) electrons. The van der Waals surface area contributed by atoms with E-state index in [1.807, 2.05) is 36.4 Å². The zero-order valence-corrected chi connectivity index (χ0v) is 18.4. The Balaban J connectivity index is 1.48. The number of aromatic nitrogens is 1. The normalized spacial score (nSPS) is 12.2. The molecule has 0 bridgehead atoms. The fraction of sp³-hybridized carbons (Fsp3) is 0.182. The molecule has 3 aromatic rings. The second-order valence-corrected chi connectivity index (χ2v) is 8.96. The summed E-state index contributed by atoms with van der Waals surface area (Å²) >= 11 is 5.78. The van der Waals surface area contributed by atoms with Crippen molar-refractivity contribution in [2.24, 2.45) is 0 Å². The average Bonchev–Trinajstić information content (AvgIpc) is 2.77. The van der Waals surface area contributed by atoms with Crippen LogP contribution in [0.5, 0.6) is 5.75 Å². The summed E-state index contributed by atoms with van der Waals surface area (Å²) in [6.07, 6.45) is 3.45. The van der Waals surface area contributed by atoms with Crippen molar-refractivity contribution in [3.8, 4) is 5.75 Å². The van der Waals surface area contributed by atoms with Gasteiger partial charge in [0, 0.05) is 29.5 Å². The molecule has 9 heteroatoms. The first kappa shape index (κ1) is 22.7. The zero-order valence-electron chi connectivity index (χ0n) is 16.8. The fourth-order valence-electron chi connectivity index (χ4n) is 2.66. The van der Waals surface area contributed by atoms with Crippen LogP contribution >= 0.6 is 11.6 Å². The first-order valence-electron chi connectivity index (χ1n) is 9.50. The van der Waals surface area contributed by atoms with Gasteiger partial charge in [0.25, 0.3) is 0 Å². The molecule has 0 aliphatic rings. The number of carbonyl (C=O) groups is 1. The minimum absolute atomic E-state index is 0.0402. The van der Waals surface area contributed by atoms with Crippen LogP contribution in [-0.4, -0.2) is 25.4 Å². The van der Waals surface area contributed by atoms with Gasteiger partial charge in [-0.25, -0.2) is 8.42 Å². The summed E-state index contributed by atoms with van der Waals surface area (Å²) in [5, 5.41) is 3.15. The Bertz CT molecular complexity index is 1110. The molecule has 162 valence electrons. The predicted molar refractivity (Wildman–Crippen MR) is 118 cm³/mol. The Morgan fingerprint density at radius 3 is 2.42 bits per heavy atom. The molecule has 2 aromatic carbocycles. The SMILES string of the molecule is C[C@H](NS(=O)(=O)c1ccc(Cl)cc1)C(=O)NCc1ccc(OCc2cccnc2)cc1. The number of benzene rings is 2. The van der Waals surface area contributed by atoms with E-state index >= 15 is 0 Å². The Morgan fingerprint density at radius 1 is 1.06 bits per heavy atom. The molecule has 1 atom stereocenters. The lowest BCUT2D eigenvalue weighted by molar-refractivity contribution is -0.122. The second-order valence-electron chi connectivity index (χ2n) is 6.81. The van der Waals surface area contributed by atoms with Gasteiger partial charge in [0.1, 0.15) is 12.4 Å². The minimum Gasteiger partial charge on any atom is -0.489 e. The van der Waals surface area contributed by atoms with Crippen molar-refractivity contribution in [1.29, 1.82) is 0 Å². The fourth-order valence-corrected chi connectivity index (χ4v) is 3.99. The highest BCUT2D eigenvalue weighted by atomic mass is 35.5. The number of ether oxygens (including phenoxy) is 1. The third kappa shape index (κ3) is 6.78. The number of amides is 1. The van der Waals surface area contributed by atoms with Crippen molar-refractivity contribution >= 4 is 27.5 Å². The molecule has 0 aliphatic heterocycles. The summed E-state index contributed by atoms with van der Waals surface area (Å²) < 4.78 is 32.8. The van der Waals surface area contributed by atoms with E-state index in [1.165, 1.54) is 31.2 Å². The molecule has 0 saturated carbocycles. The maximum atomic E-state index is 12.4. The highest BCUT2D eigenvalue weighted by Gasteiger charge is 2.21. The number of sulfonamides is 1. The van der Waals surface area contributed by atoms with Gasteiger partial charge in [-0.15, -0.1) is 0 Å². The van der Waals surface area contributed by atoms with Crippen molar-refractivity contribution in [1.82, 2.24) is 15.0 Å². The van der Waals surface area contributed by atoms with Crippen molar-refractivity contribution in [3.05, 3.63) is 89.2 Å². The summed E-state index contributed by atoms with van der Waals surface area (Å²) in [6, 6.07) is 15.8. The van der Waals surface area contributed by atoms with Crippen LogP contribution in [-0.2, 0) is 28.0 Å². The number of nitrogens with one attached hydrogen (secondary N) is 2. The van der Waals surface area contributed by atoms with Crippen LogP contribution < -0.4 is 14.8 Å². The molecule has 0 spiro atoms. The van der Waals surface area contributed by atoms with Crippen LogP contribution in [0.1, 0.15) is 18.1 Å². The quantitative estimate of drug-likeness (QED) is 0.511. The van der Waals surface area contributed by atoms with Crippen LogP contribution in [0.25, 0.3) is 0 Å². The van der Waals surface area contributed by atoms with Gasteiger partial charge in [0.05, 0.1) is 10.9 Å². The smallest absolute Gasteiger partial charge is 0.241 e. The Morgan fingerprint density at radius 2 is 1.77 bits per heavy atom. The van der Waals surface area contributed by atoms with Gasteiger partial charge in [-0.2, -0.15) is 4.72 Å². The van der Waals surface area contributed by atoms with E-state index < -0.39 is 22.0 Å². The first-order chi connectivity index (χ1) is 14.8. The van der Waals surface area contributed by atoms with Crippen LogP contribution in [0.3, 0.4) is 0 Å². The largest absolute Gasteiger partial charge is 0.489 e. The standard InChI is InChI=1S/C22H22ClN3O4S/c1-16(26-31(28,29)21-10-6-19(23)7-11-21)22(27)25-14-17-4-8-20(9-5-17)30-15-18-3-2-12-24-13-18/h2-13,16,26H,14-15H2,1H3,(H,25,27)/t16-/m0/s1.